The van der Waals surface area contributed by atoms with Gasteiger partial charge in [0.1, 0.15) is 6.54 Å². The van der Waals surface area contributed by atoms with Crippen molar-refractivity contribution in [1.82, 2.24) is 9.55 Å². The van der Waals surface area contributed by atoms with E-state index in [0.717, 1.165) is 11.1 Å². The van der Waals surface area contributed by atoms with Crippen LogP contribution in [-0.4, -0.2) is 20.6 Å². The Kier molecular flexibility index (Phi) is 3.00. The summed E-state index contributed by atoms with van der Waals surface area (Å²) in [5, 5.41) is 8.74. The molecule has 0 aliphatic heterocycles. The molecule has 0 bridgehead atoms. The molecule has 0 radical (unpaired) electrons. The lowest BCUT2D eigenvalue weighted by Crippen LogP contribution is -2.18. The number of hydrogen-bond donors (Lipinski definition) is 1. The Bertz CT molecular complexity index is 659. The first kappa shape index (κ1) is 13.4. The number of benzene rings is 1. The minimum absolute atomic E-state index is 0.150. The number of hydrogen-bond acceptors (Lipinski definition) is 2. The maximum Gasteiger partial charge on any atom is 0.449 e. The van der Waals surface area contributed by atoms with Gasteiger partial charge in [-0.25, -0.2) is 4.98 Å². The van der Waals surface area contributed by atoms with Crippen LogP contribution in [-0.2, 0) is 17.5 Å². The smallest absolute Gasteiger partial charge is 0.449 e. The molecule has 0 aliphatic carbocycles. The molecule has 0 fully saturated rings. The summed E-state index contributed by atoms with van der Waals surface area (Å²) in [5.41, 5.74) is 1.92. The molecule has 2 aromatic rings. The van der Waals surface area contributed by atoms with Gasteiger partial charge in [-0.1, -0.05) is 0 Å². The summed E-state index contributed by atoms with van der Waals surface area (Å²) in [7, 11) is 0. The Morgan fingerprint density at radius 1 is 1.32 bits per heavy atom. The van der Waals surface area contributed by atoms with E-state index in [2.05, 4.69) is 4.98 Å². The Hall–Kier alpha value is -2.05. The highest BCUT2D eigenvalue weighted by Crippen LogP contribution is 2.32. The van der Waals surface area contributed by atoms with Gasteiger partial charge in [0.15, 0.2) is 0 Å². The zero-order valence-electron chi connectivity index (χ0n) is 10.2. The number of halogens is 3. The number of aliphatic carboxylic acids is 1. The van der Waals surface area contributed by atoms with Crippen molar-refractivity contribution in [2.24, 2.45) is 0 Å². The molecule has 1 aromatic heterocycles. The average molecular weight is 272 g/mol. The lowest BCUT2D eigenvalue weighted by molar-refractivity contribution is -0.148. The number of alkyl halides is 3. The fraction of sp³-hybridized carbons (Fsp3) is 0.333. The molecule has 102 valence electrons. The van der Waals surface area contributed by atoms with Crippen molar-refractivity contribution < 1.29 is 23.1 Å². The minimum Gasteiger partial charge on any atom is -0.480 e. The lowest BCUT2D eigenvalue weighted by Gasteiger charge is -2.09. The number of nitrogens with zero attached hydrogens (tertiary/aromatic N) is 2. The molecule has 0 aliphatic rings. The van der Waals surface area contributed by atoms with Crippen molar-refractivity contribution in [3.05, 3.63) is 29.1 Å². The monoisotopic (exact) mass is 272 g/mol. The van der Waals surface area contributed by atoms with Crippen molar-refractivity contribution >= 4 is 17.0 Å². The highest BCUT2D eigenvalue weighted by molar-refractivity contribution is 5.80. The number of carbonyl (C=O) groups is 1. The molecule has 0 unspecified atom stereocenters. The largest absolute Gasteiger partial charge is 0.480 e. The van der Waals surface area contributed by atoms with Gasteiger partial charge in [-0.15, -0.1) is 0 Å². The van der Waals surface area contributed by atoms with Crippen molar-refractivity contribution in [3.63, 3.8) is 0 Å². The second kappa shape index (κ2) is 4.25. The van der Waals surface area contributed by atoms with Gasteiger partial charge < -0.3 is 9.67 Å². The van der Waals surface area contributed by atoms with E-state index >= 15 is 0 Å². The van der Waals surface area contributed by atoms with Gasteiger partial charge in [0.05, 0.1) is 11.0 Å². The lowest BCUT2D eigenvalue weighted by atomic mass is 10.1. The Morgan fingerprint density at radius 2 is 1.89 bits per heavy atom. The van der Waals surface area contributed by atoms with Crippen molar-refractivity contribution in [3.8, 4) is 0 Å². The van der Waals surface area contributed by atoms with Crippen LogP contribution in [0.15, 0.2) is 12.1 Å². The average Bonchev–Trinajstić information content (AvgIpc) is 2.57. The zero-order valence-corrected chi connectivity index (χ0v) is 10.2. The van der Waals surface area contributed by atoms with E-state index in [0.29, 0.717) is 4.57 Å². The predicted octanol–water partition coefficient (Wildman–Crippen LogP) is 2.76. The van der Waals surface area contributed by atoms with Crippen LogP contribution >= 0.6 is 0 Å². The molecule has 2 rings (SSSR count). The van der Waals surface area contributed by atoms with Gasteiger partial charge in [-0.2, -0.15) is 13.2 Å². The SMILES string of the molecule is Cc1cc2nc(C(F)(F)F)n(CC(=O)O)c2cc1C. The summed E-state index contributed by atoms with van der Waals surface area (Å²) in [5.74, 6) is -2.53. The maximum atomic E-state index is 12.9. The maximum absolute atomic E-state index is 12.9. The van der Waals surface area contributed by atoms with E-state index in [4.69, 9.17) is 5.11 Å². The number of carboxylic acid groups (broad SMARTS) is 1. The van der Waals surface area contributed by atoms with Gasteiger partial charge in [-0.3, -0.25) is 4.79 Å². The van der Waals surface area contributed by atoms with Crippen molar-refractivity contribution in [1.29, 1.82) is 0 Å². The predicted molar refractivity (Wildman–Crippen MR) is 61.8 cm³/mol. The summed E-state index contributed by atoms with van der Waals surface area (Å²) < 4.78 is 39.3. The minimum atomic E-state index is -4.68. The Balaban J connectivity index is 2.77. The molecule has 4 nitrogen and oxygen atoms in total. The highest BCUT2D eigenvalue weighted by atomic mass is 19.4. The fourth-order valence-electron chi connectivity index (χ4n) is 1.89. The van der Waals surface area contributed by atoms with Gasteiger partial charge in [0.25, 0.3) is 0 Å². The molecule has 0 saturated carbocycles. The molecular weight excluding hydrogens is 261 g/mol. The summed E-state index contributed by atoms with van der Waals surface area (Å²) in [6.07, 6.45) is -4.68. The van der Waals surface area contributed by atoms with Crippen molar-refractivity contribution in [2.75, 3.05) is 0 Å². The third-order valence-corrected chi connectivity index (χ3v) is 2.91. The standard InChI is InChI=1S/C12H11F3N2O2/c1-6-3-8-9(4-7(6)2)17(5-10(18)19)11(16-8)12(13,14)15/h3-4H,5H2,1-2H3,(H,18,19). The topological polar surface area (TPSA) is 55.1 Å². The molecule has 1 heterocycles. The Morgan fingerprint density at radius 3 is 2.42 bits per heavy atom. The molecule has 1 aromatic carbocycles. The van der Waals surface area contributed by atoms with Crippen LogP contribution in [0.25, 0.3) is 11.0 Å². The number of imidazole rings is 1. The van der Waals surface area contributed by atoms with Crippen LogP contribution in [0.1, 0.15) is 17.0 Å². The second-order valence-electron chi connectivity index (χ2n) is 4.34. The van der Waals surface area contributed by atoms with Crippen LogP contribution in [0.2, 0.25) is 0 Å². The van der Waals surface area contributed by atoms with E-state index in [1.807, 2.05) is 0 Å². The van der Waals surface area contributed by atoms with Gasteiger partial charge >= 0.3 is 12.1 Å². The second-order valence-corrected chi connectivity index (χ2v) is 4.34. The first-order valence-electron chi connectivity index (χ1n) is 5.46. The molecule has 0 saturated heterocycles. The third kappa shape index (κ3) is 2.40. The first-order chi connectivity index (χ1) is 8.70. The van der Waals surface area contributed by atoms with E-state index in [1.54, 1.807) is 13.8 Å². The molecule has 0 atom stereocenters. The molecular formula is C12H11F3N2O2. The van der Waals surface area contributed by atoms with Crippen LogP contribution in [0, 0.1) is 13.8 Å². The molecule has 7 heteroatoms. The van der Waals surface area contributed by atoms with E-state index < -0.39 is 24.5 Å². The molecule has 0 amide bonds. The number of aromatic nitrogens is 2. The van der Waals surface area contributed by atoms with Gasteiger partial charge in [0.2, 0.25) is 5.82 Å². The molecule has 1 N–H and O–H groups in total. The van der Waals surface area contributed by atoms with Gasteiger partial charge in [-0.05, 0) is 37.1 Å². The van der Waals surface area contributed by atoms with Crippen LogP contribution in [0.4, 0.5) is 13.2 Å². The summed E-state index contributed by atoms with van der Waals surface area (Å²) in [6, 6.07) is 3.05. The van der Waals surface area contributed by atoms with Crippen LogP contribution < -0.4 is 0 Å². The summed E-state index contributed by atoms with van der Waals surface area (Å²) in [6.45, 7) is 2.74. The number of fused-ring (bicyclic) bond motifs is 1. The van der Waals surface area contributed by atoms with E-state index in [-0.39, 0.29) is 11.0 Å². The number of aryl methyl sites for hydroxylation is 2. The fourth-order valence-corrected chi connectivity index (χ4v) is 1.89. The normalized spacial score (nSPS) is 12.1. The Labute approximate surface area is 106 Å². The summed E-state index contributed by atoms with van der Waals surface area (Å²) >= 11 is 0. The highest BCUT2D eigenvalue weighted by Gasteiger charge is 2.38. The quantitative estimate of drug-likeness (QED) is 0.914. The third-order valence-electron chi connectivity index (χ3n) is 2.91. The number of carboxylic acids is 1. The van der Waals surface area contributed by atoms with E-state index in [9.17, 15) is 18.0 Å². The summed E-state index contributed by atoms with van der Waals surface area (Å²) in [4.78, 5) is 14.2. The van der Waals surface area contributed by atoms with Crippen LogP contribution in [0.5, 0.6) is 0 Å². The van der Waals surface area contributed by atoms with Crippen molar-refractivity contribution in [2.45, 2.75) is 26.6 Å². The molecule has 0 spiro atoms. The first-order valence-corrected chi connectivity index (χ1v) is 5.46. The van der Waals surface area contributed by atoms with E-state index in [1.165, 1.54) is 12.1 Å². The molecule has 19 heavy (non-hydrogen) atoms. The van der Waals surface area contributed by atoms with Gasteiger partial charge in [0, 0.05) is 0 Å². The van der Waals surface area contributed by atoms with Crippen LogP contribution in [0.3, 0.4) is 0 Å². The zero-order chi connectivity index (χ0) is 14.4. The number of rotatable bonds is 2.